The molecule has 1 aromatic carbocycles. The Kier molecular flexibility index (Phi) is 6.24. The van der Waals surface area contributed by atoms with Crippen molar-refractivity contribution < 1.29 is 18.3 Å². The predicted molar refractivity (Wildman–Crippen MR) is 98.9 cm³/mol. The van der Waals surface area contributed by atoms with E-state index >= 15 is 0 Å². The van der Waals surface area contributed by atoms with Crippen LogP contribution in [0, 0.1) is 0 Å². The van der Waals surface area contributed by atoms with E-state index in [0.717, 1.165) is 30.8 Å². The highest BCUT2D eigenvalue weighted by Gasteiger charge is 2.32. The fraction of sp³-hybridized carbons (Fsp3) is 0.421. The number of β-amino-alcohol motifs (C(OH)–C–C–N with tert-alkyl or cyclic N) is 1. The molecule has 0 spiro atoms. The Morgan fingerprint density at radius 2 is 1.85 bits per heavy atom. The van der Waals surface area contributed by atoms with Crippen LogP contribution >= 0.6 is 11.6 Å². The molecule has 1 aliphatic rings. The molecule has 1 atom stereocenters. The molecule has 2 heterocycles. The van der Waals surface area contributed by atoms with Crippen molar-refractivity contribution in [2.24, 2.45) is 0 Å². The summed E-state index contributed by atoms with van der Waals surface area (Å²) in [6.07, 6.45) is -3.41. The van der Waals surface area contributed by atoms with Crippen molar-refractivity contribution in [3.8, 4) is 0 Å². The van der Waals surface area contributed by atoms with Crippen LogP contribution in [-0.4, -0.2) is 47.7 Å². The lowest BCUT2D eigenvalue weighted by Gasteiger charge is -2.25. The Hall–Kier alpha value is -1.83. The lowest BCUT2D eigenvalue weighted by Crippen LogP contribution is -2.33. The Bertz CT molecular complexity index is 758. The van der Waals surface area contributed by atoms with Gasteiger partial charge in [-0.15, -0.1) is 0 Å². The molecule has 0 bridgehead atoms. The van der Waals surface area contributed by atoms with Gasteiger partial charge in [-0.2, -0.15) is 13.2 Å². The molecule has 1 aromatic heterocycles. The summed E-state index contributed by atoms with van der Waals surface area (Å²) >= 11 is 6.07. The van der Waals surface area contributed by atoms with Gasteiger partial charge >= 0.3 is 6.18 Å². The number of rotatable bonds is 4. The summed E-state index contributed by atoms with van der Waals surface area (Å²) in [7, 11) is 0. The van der Waals surface area contributed by atoms with Crippen molar-refractivity contribution in [1.29, 1.82) is 0 Å². The van der Waals surface area contributed by atoms with E-state index in [1.807, 2.05) is 35.2 Å². The molecule has 1 fully saturated rings. The van der Waals surface area contributed by atoms with Gasteiger partial charge in [0, 0.05) is 38.9 Å². The SMILES string of the molecule is OC(CN1CCCN(c2ncc(C(F)(F)F)cc2Cl)CC1)c1ccccc1. The first-order valence-electron chi connectivity index (χ1n) is 8.77. The highest BCUT2D eigenvalue weighted by atomic mass is 35.5. The van der Waals surface area contributed by atoms with Crippen LogP contribution in [0.1, 0.15) is 23.7 Å². The number of nitrogens with zero attached hydrogens (tertiary/aromatic N) is 3. The summed E-state index contributed by atoms with van der Waals surface area (Å²) in [5.74, 6) is 0.370. The molecule has 1 N–H and O–H groups in total. The van der Waals surface area contributed by atoms with Gasteiger partial charge in [-0.05, 0) is 18.1 Å². The van der Waals surface area contributed by atoms with Crippen molar-refractivity contribution in [2.75, 3.05) is 37.6 Å². The number of benzene rings is 1. The van der Waals surface area contributed by atoms with Gasteiger partial charge < -0.3 is 10.0 Å². The van der Waals surface area contributed by atoms with Gasteiger partial charge in [0.25, 0.3) is 0 Å². The van der Waals surface area contributed by atoms with Crippen molar-refractivity contribution >= 4 is 17.4 Å². The molecule has 1 saturated heterocycles. The first-order valence-corrected chi connectivity index (χ1v) is 9.15. The molecule has 0 radical (unpaired) electrons. The largest absolute Gasteiger partial charge is 0.417 e. The van der Waals surface area contributed by atoms with Crippen molar-refractivity contribution in [3.05, 3.63) is 58.7 Å². The second kappa shape index (κ2) is 8.46. The summed E-state index contributed by atoms with van der Waals surface area (Å²) in [5, 5.41) is 10.4. The zero-order valence-corrected chi connectivity index (χ0v) is 15.4. The van der Waals surface area contributed by atoms with Gasteiger partial charge in [0.05, 0.1) is 16.7 Å². The molecule has 0 saturated carbocycles. The maximum atomic E-state index is 12.8. The van der Waals surface area contributed by atoms with E-state index in [2.05, 4.69) is 9.88 Å². The van der Waals surface area contributed by atoms with Gasteiger partial charge in [-0.3, -0.25) is 4.90 Å². The minimum atomic E-state index is -4.46. The van der Waals surface area contributed by atoms with E-state index in [9.17, 15) is 18.3 Å². The maximum Gasteiger partial charge on any atom is 0.417 e. The fourth-order valence-corrected chi connectivity index (χ4v) is 3.49. The summed E-state index contributed by atoms with van der Waals surface area (Å²) in [4.78, 5) is 8.00. The molecule has 0 aliphatic carbocycles. The molecule has 0 amide bonds. The van der Waals surface area contributed by atoms with Crippen molar-refractivity contribution in [3.63, 3.8) is 0 Å². The molecule has 4 nitrogen and oxygen atoms in total. The summed E-state index contributed by atoms with van der Waals surface area (Å²) < 4.78 is 38.3. The van der Waals surface area contributed by atoms with E-state index in [1.165, 1.54) is 0 Å². The van der Waals surface area contributed by atoms with Crippen LogP contribution in [0.25, 0.3) is 0 Å². The molecular weight excluding hydrogens is 379 g/mol. The van der Waals surface area contributed by atoms with Crippen LogP contribution in [0.15, 0.2) is 42.6 Å². The smallest absolute Gasteiger partial charge is 0.387 e. The van der Waals surface area contributed by atoms with Crippen LogP contribution < -0.4 is 4.90 Å². The number of aliphatic hydroxyl groups is 1. The molecule has 1 aliphatic heterocycles. The number of aliphatic hydroxyl groups excluding tert-OH is 1. The third-order valence-electron chi connectivity index (χ3n) is 4.65. The number of halogens is 4. The number of hydrogen-bond donors (Lipinski definition) is 1. The predicted octanol–water partition coefficient (Wildman–Crippen LogP) is 4.00. The maximum absolute atomic E-state index is 12.8. The quantitative estimate of drug-likeness (QED) is 0.843. The molecular formula is C19H21ClF3N3O. The highest BCUT2D eigenvalue weighted by Crippen LogP contribution is 2.33. The number of alkyl halides is 3. The summed E-state index contributed by atoms with van der Waals surface area (Å²) in [5.41, 5.74) is 0.0183. The molecule has 146 valence electrons. The van der Waals surface area contributed by atoms with Gasteiger partial charge in [0.1, 0.15) is 5.82 Å². The van der Waals surface area contributed by atoms with E-state index in [-0.39, 0.29) is 5.02 Å². The van der Waals surface area contributed by atoms with Gasteiger partial charge in [-0.1, -0.05) is 41.9 Å². The second-order valence-corrected chi connectivity index (χ2v) is 7.00. The summed E-state index contributed by atoms with van der Waals surface area (Å²) in [6.45, 7) is 3.20. The number of hydrogen-bond acceptors (Lipinski definition) is 4. The van der Waals surface area contributed by atoms with E-state index in [4.69, 9.17) is 11.6 Å². The average Bonchev–Trinajstić information content (AvgIpc) is 2.87. The monoisotopic (exact) mass is 399 g/mol. The Morgan fingerprint density at radius 3 is 2.52 bits per heavy atom. The van der Waals surface area contributed by atoms with Crippen LogP contribution in [-0.2, 0) is 6.18 Å². The average molecular weight is 400 g/mol. The molecule has 27 heavy (non-hydrogen) atoms. The summed E-state index contributed by atoms with van der Waals surface area (Å²) in [6, 6.07) is 10.4. The van der Waals surface area contributed by atoms with Gasteiger partial charge in [0.2, 0.25) is 0 Å². The topological polar surface area (TPSA) is 39.6 Å². The zero-order valence-electron chi connectivity index (χ0n) is 14.7. The fourth-order valence-electron chi connectivity index (χ4n) is 3.21. The minimum Gasteiger partial charge on any atom is -0.387 e. The van der Waals surface area contributed by atoms with Crippen molar-refractivity contribution in [1.82, 2.24) is 9.88 Å². The lowest BCUT2D eigenvalue weighted by atomic mass is 10.1. The third kappa shape index (κ3) is 5.12. The third-order valence-corrected chi connectivity index (χ3v) is 4.93. The molecule has 1 unspecified atom stereocenters. The normalized spacial score (nSPS) is 17.6. The van der Waals surface area contributed by atoms with E-state index in [1.54, 1.807) is 0 Å². The Balaban J connectivity index is 1.63. The first kappa shape index (κ1) is 19.9. The Morgan fingerprint density at radius 1 is 1.11 bits per heavy atom. The molecule has 3 rings (SSSR count). The second-order valence-electron chi connectivity index (χ2n) is 6.59. The number of pyridine rings is 1. The minimum absolute atomic E-state index is 0.00240. The van der Waals surface area contributed by atoms with Crippen LogP contribution in [0.4, 0.5) is 19.0 Å². The number of aromatic nitrogens is 1. The molecule has 2 aromatic rings. The van der Waals surface area contributed by atoms with Gasteiger partial charge in [-0.25, -0.2) is 4.98 Å². The number of anilines is 1. The van der Waals surface area contributed by atoms with E-state index in [0.29, 0.717) is 32.0 Å². The first-order chi connectivity index (χ1) is 12.8. The molecule has 8 heteroatoms. The zero-order chi connectivity index (χ0) is 19.4. The standard InChI is InChI=1S/C19H21ClF3N3O/c20-16-11-15(19(21,22)23)12-24-18(16)26-8-4-7-25(9-10-26)13-17(27)14-5-2-1-3-6-14/h1-3,5-6,11-12,17,27H,4,7-10,13H2. The van der Waals surface area contributed by atoms with Crippen LogP contribution in [0.3, 0.4) is 0 Å². The van der Waals surface area contributed by atoms with Crippen LogP contribution in [0.2, 0.25) is 5.02 Å². The lowest BCUT2D eigenvalue weighted by molar-refractivity contribution is -0.137. The van der Waals surface area contributed by atoms with E-state index < -0.39 is 17.8 Å². The van der Waals surface area contributed by atoms with Gasteiger partial charge in [0.15, 0.2) is 0 Å². The highest BCUT2D eigenvalue weighted by molar-refractivity contribution is 6.33. The van der Waals surface area contributed by atoms with Crippen LogP contribution in [0.5, 0.6) is 0 Å². The Labute approximate surface area is 161 Å². The van der Waals surface area contributed by atoms with Crippen molar-refractivity contribution in [2.45, 2.75) is 18.7 Å².